The number of carbonyl (C=O) groups is 1. The number of benzene rings is 1. The summed E-state index contributed by atoms with van der Waals surface area (Å²) in [7, 11) is 0. The fourth-order valence-electron chi connectivity index (χ4n) is 2.66. The Morgan fingerprint density at radius 2 is 2.00 bits per heavy atom. The largest absolute Gasteiger partial charge is 0.486 e. The summed E-state index contributed by atoms with van der Waals surface area (Å²) in [6.45, 7) is 5.47. The number of amides is 1. The van der Waals surface area contributed by atoms with Gasteiger partial charge in [-0.2, -0.15) is 0 Å². The smallest absolute Gasteiger partial charge is 0.273 e. The van der Waals surface area contributed by atoms with Gasteiger partial charge in [0.05, 0.1) is 12.2 Å². The molecule has 0 aliphatic carbocycles. The molecule has 1 aliphatic heterocycles. The van der Waals surface area contributed by atoms with E-state index < -0.39 is 0 Å². The Bertz CT molecular complexity index is 694. The quantitative estimate of drug-likeness (QED) is 0.829. The zero-order valence-corrected chi connectivity index (χ0v) is 15.1. The summed E-state index contributed by atoms with van der Waals surface area (Å²) in [5, 5.41) is 3.22. The minimum absolute atomic E-state index is 0.0454. The highest BCUT2D eigenvalue weighted by Gasteiger charge is 2.27. The summed E-state index contributed by atoms with van der Waals surface area (Å²) >= 11 is 7.27. The zero-order chi connectivity index (χ0) is 17.1. The fourth-order valence-corrected chi connectivity index (χ4v) is 3.46. The van der Waals surface area contributed by atoms with Gasteiger partial charge in [-0.25, -0.2) is 4.98 Å². The third kappa shape index (κ3) is 4.26. The van der Waals surface area contributed by atoms with E-state index in [0.717, 1.165) is 10.8 Å². The highest BCUT2D eigenvalue weighted by atomic mass is 35.5. The van der Waals surface area contributed by atoms with Crippen LogP contribution in [0.15, 0.2) is 29.6 Å². The number of halogens is 1. The van der Waals surface area contributed by atoms with Crippen LogP contribution >= 0.6 is 22.9 Å². The maximum Gasteiger partial charge on any atom is 0.273 e. The Morgan fingerprint density at radius 3 is 2.67 bits per heavy atom. The number of morpholine rings is 1. The second-order valence-electron chi connectivity index (χ2n) is 5.84. The molecule has 1 aromatic heterocycles. The third-order valence-electron chi connectivity index (χ3n) is 3.65. The van der Waals surface area contributed by atoms with Crippen molar-refractivity contribution in [3.05, 3.63) is 45.4 Å². The molecule has 128 valence electrons. The van der Waals surface area contributed by atoms with Gasteiger partial charge in [0.2, 0.25) is 0 Å². The van der Waals surface area contributed by atoms with E-state index in [9.17, 15) is 4.79 Å². The topological polar surface area (TPSA) is 51.7 Å². The van der Waals surface area contributed by atoms with E-state index in [4.69, 9.17) is 21.1 Å². The van der Waals surface area contributed by atoms with E-state index in [-0.39, 0.29) is 18.1 Å². The molecular weight excluding hydrogens is 348 g/mol. The standard InChI is InChI=1S/C17H19ClN2O3S/c1-11-7-20(8-12(2)23-11)17(21)15-10-24-16(19-15)9-22-14-5-3-13(18)4-6-14/h3-6,10-12H,7-9H2,1-2H3. The van der Waals surface area contributed by atoms with Gasteiger partial charge in [-0.1, -0.05) is 11.6 Å². The molecule has 1 amide bonds. The first-order valence-electron chi connectivity index (χ1n) is 7.79. The van der Waals surface area contributed by atoms with Gasteiger partial charge in [0.15, 0.2) is 0 Å². The highest BCUT2D eigenvalue weighted by molar-refractivity contribution is 7.09. The molecule has 0 N–H and O–H groups in total. The summed E-state index contributed by atoms with van der Waals surface area (Å²) in [4.78, 5) is 18.8. The lowest BCUT2D eigenvalue weighted by molar-refractivity contribution is -0.0587. The molecule has 1 aliphatic rings. The van der Waals surface area contributed by atoms with Crippen molar-refractivity contribution in [3.63, 3.8) is 0 Å². The van der Waals surface area contributed by atoms with Crippen LogP contribution in [0.2, 0.25) is 5.02 Å². The second-order valence-corrected chi connectivity index (χ2v) is 7.22. The molecule has 0 bridgehead atoms. The van der Waals surface area contributed by atoms with Crippen LogP contribution in [0.5, 0.6) is 5.75 Å². The Morgan fingerprint density at radius 1 is 1.33 bits per heavy atom. The Kier molecular flexibility index (Phi) is 5.38. The molecule has 3 rings (SSSR count). The Labute approximate surface area is 150 Å². The summed E-state index contributed by atoms with van der Waals surface area (Å²) in [6.07, 6.45) is 0.0908. The van der Waals surface area contributed by atoms with Crippen LogP contribution in [0.3, 0.4) is 0 Å². The number of thiazole rings is 1. The SMILES string of the molecule is CC1CN(C(=O)c2csc(COc3ccc(Cl)cc3)n2)CC(C)O1. The summed E-state index contributed by atoms with van der Waals surface area (Å²) in [5.74, 6) is 0.671. The van der Waals surface area contributed by atoms with Crippen molar-refractivity contribution in [3.8, 4) is 5.75 Å². The number of hydrogen-bond acceptors (Lipinski definition) is 5. The van der Waals surface area contributed by atoms with Crippen LogP contribution in [0.1, 0.15) is 29.3 Å². The van der Waals surface area contributed by atoms with Crippen LogP contribution in [0, 0.1) is 0 Å². The number of hydrogen-bond donors (Lipinski definition) is 0. The summed E-state index contributed by atoms with van der Waals surface area (Å²) in [6, 6.07) is 7.15. The van der Waals surface area contributed by atoms with E-state index in [0.29, 0.717) is 30.4 Å². The van der Waals surface area contributed by atoms with Gasteiger partial charge in [-0.15, -0.1) is 11.3 Å². The van der Waals surface area contributed by atoms with Crippen molar-refractivity contribution in [2.24, 2.45) is 0 Å². The molecule has 5 nitrogen and oxygen atoms in total. The van der Waals surface area contributed by atoms with Gasteiger partial charge in [0.25, 0.3) is 5.91 Å². The lowest BCUT2D eigenvalue weighted by Crippen LogP contribution is -2.48. The lowest BCUT2D eigenvalue weighted by Gasteiger charge is -2.34. The maximum atomic E-state index is 12.6. The predicted molar refractivity (Wildman–Crippen MR) is 93.8 cm³/mol. The molecule has 0 radical (unpaired) electrons. The average Bonchev–Trinajstić information content (AvgIpc) is 3.01. The molecule has 2 unspecified atom stereocenters. The number of nitrogens with zero attached hydrogens (tertiary/aromatic N) is 2. The first-order chi connectivity index (χ1) is 11.5. The Hall–Kier alpha value is -1.63. The molecule has 2 aromatic rings. The van der Waals surface area contributed by atoms with Crippen LogP contribution in [0.4, 0.5) is 0 Å². The van der Waals surface area contributed by atoms with Crippen molar-refractivity contribution in [1.29, 1.82) is 0 Å². The molecule has 1 fully saturated rings. The lowest BCUT2D eigenvalue weighted by atomic mass is 10.2. The van der Waals surface area contributed by atoms with Crippen molar-refractivity contribution in [1.82, 2.24) is 9.88 Å². The zero-order valence-electron chi connectivity index (χ0n) is 13.6. The fraction of sp³-hybridized carbons (Fsp3) is 0.412. The highest BCUT2D eigenvalue weighted by Crippen LogP contribution is 2.20. The third-order valence-corrected chi connectivity index (χ3v) is 4.73. The predicted octanol–water partition coefficient (Wildman–Crippen LogP) is 3.62. The van der Waals surface area contributed by atoms with Crippen molar-refractivity contribution >= 4 is 28.8 Å². The monoisotopic (exact) mass is 366 g/mol. The number of carbonyl (C=O) groups excluding carboxylic acids is 1. The van der Waals surface area contributed by atoms with Crippen molar-refractivity contribution in [2.75, 3.05) is 13.1 Å². The van der Waals surface area contributed by atoms with Gasteiger partial charge in [-0.05, 0) is 38.1 Å². The Balaban J connectivity index is 1.60. The van der Waals surface area contributed by atoms with E-state index in [1.54, 1.807) is 34.5 Å². The molecule has 0 saturated carbocycles. The normalized spacial score (nSPS) is 20.9. The van der Waals surface area contributed by atoms with E-state index in [2.05, 4.69) is 4.98 Å². The van der Waals surface area contributed by atoms with Crippen LogP contribution in [-0.4, -0.2) is 41.1 Å². The van der Waals surface area contributed by atoms with E-state index in [1.165, 1.54) is 11.3 Å². The number of aromatic nitrogens is 1. The molecule has 0 spiro atoms. The van der Waals surface area contributed by atoms with Crippen LogP contribution in [-0.2, 0) is 11.3 Å². The second kappa shape index (κ2) is 7.51. The maximum absolute atomic E-state index is 12.6. The molecule has 2 heterocycles. The first-order valence-corrected chi connectivity index (χ1v) is 9.04. The minimum Gasteiger partial charge on any atom is -0.486 e. The summed E-state index contributed by atoms with van der Waals surface area (Å²) in [5.41, 5.74) is 0.469. The number of rotatable bonds is 4. The van der Waals surface area contributed by atoms with Gasteiger partial charge in [-0.3, -0.25) is 4.79 Å². The minimum atomic E-state index is -0.0500. The molecule has 1 saturated heterocycles. The molecule has 7 heteroatoms. The van der Waals surface area contributed by atoms with E-state index in [1.807, 2.05) is 13.8 Å². The first kappa shape index (κ1) is 17.2. The van der Waals surface area contributed by atoms with Gasteiger partial charge in [0.1, 0.15) is 23.1 Å². The molecule has 24 heavy (non-hydrogen) atoms. The summed E-state index contributed by atoms with van der Waals surface area (Å²) < 4.78 is 11.3. The van der Waals surface area contributed by atoms with Crippen molar-refractivity contribution < 1.29 is 14.3 Å². The molecule has 2 atom stereocenters. The van der Waals surface area contributed by atoms with Crippen LogP contribution in [0.25, 0.3) is 0 Å². The van der Waals surface area contributed by atoms with Gasteiger partial charge in [0, 0.05) is 23.5 Å². The van der Waals surface area contributed by atoms with Crippen molar-refractivity contribution in [2.45, 2.75) is 32.7 Å². The van der Waals surface area contributed by atoms with Gasteiger partial charge >= 0.3 is 0 Å². The van der Waals surface area contributed by atoms with E-state index >= 15 is 0 Å². The van der Waals surface area contributed by atoms with Gasteiger partial charge < -0.3 is 14.4 Å². The molecule has 1 aromatic carbocycles. The van der Waals surface area contributed by atoms with Crippen LogP contribution < -0.4 is 4.74 Å². The molecular formula is C17H19ClN2O3S. The number of ether oxygens (including phenoxy) is 2. The average molecular weight is 367 g/mol.